The van der Waals surface area contributed by atoms with E-state index in [1.54, 1.807) is 0 Å². The molecule has 0 spiro atoms. The Bertz CT molecular complexity index is 333. The lowest BCUT2D eigenvalue weighted by Gasteiger charge is -2.21. The molecule has 0 aromatic heterocycles. The normalized spacial score (nSPS) is 11.8. The maximum atomic E-state index is 13.0. The maximum Gasteiger partial charge on any atom is 0.124 e. The van der Waals surface area contributed by atoms with Crippen LogP contribution in [0.3, 0.4) is 0 Å². The van der Waals surface area contributed by atoms with Gasteiger partial charge in [-0.25, -0.2) is 4.39 Å². The molecule has 1 aromatic rings. The van der Waals surface area contributed by atoms with Gasteiger partial charge >= 0.3 is 0 Å². The molecule has 1 aromatic carbocycles. The van der Waals surface area contributed by atoms with Crippen molar-refractivity contribution in [2.75, 3.05) is 13.2 Å². The Morgan fingerprint density at radius 2 is 2.06 bits per heavy atom. The van der Waals surface area contributed by atoms with Crippen molar-refractivity contribution in [1.82, 2.24) is 0 Å². The topological polar surface area (TPSA) is 29.5 Å². The fourth-order valence-corrected chi connectivity index (χ4v) is 1.70. The zero-order chi connectivity index (χ0) is 12.2. The summed E-state index contributed by atoms with van der Waals surface area (Å²) in [4.78, 5) is 0. The van der Waals surface area contributed by atoms with Crippen molar-refractivity contribution in [3.8, 4) is 0 Å². The molecule has 0 aliphatic heterocycles. The fraction of sp³-hybridized carbons (Fsp3) is 0.500. The lowest BCUT2D eigenvalue weighted by molar-refractivity contribution is 0.0197. The average molecular weight is 291 g/mol. The Hall–Kier alpha value is -0.450. The molecule has 0 amide bonds. The van der Waals surface area contributed by atoms with Crippen LogP contribution in [0.2, 0.25) is 0 Å². The van der Waals surface area contributed by atoms with E-state index >= 15 is 0 Å². The van der Waals surface area contributed by atoms with E-state index in [1.807, 2.05) is 19.9 Å². The van der Waals surface area contributed by atoms with Crippen molar-refractivity contribution in [1.29, 1.82) is 0 Å². The Balaban J connectivity index is 2.49. The van der Waals surface area contributed by atoms with E-state index in [0.29, 0.717) is 17.7 Å². The highest BCUT2D eigenvalue weighted by molar-refractivity contribution is 9.10. The van der Waals surface area contributed by atoms with Gasteiger partial charge in [-0.3, -0.25) is 0 Å². The zero-order valence-electron chi connectivity index (χ0n) is 9.46. The third-order valence-electron chi connectivity index (χ3n) is 2.11. The van der Waals surface area contributed by atoms with E-state index in [0.717, 1.165) is 5.56 Å². The molecule has 0 atom stereocenters. The maximum absolute atomic E-state index is 13.0. The Labute approximate surface area is 104 Å². The largest absolute Gasteiger partial charge is 0.396 e. The van der Waals surface area contributed by atoms with E-state index in [9.17, 15) is 4.39 Å². The van der Waals surface area contributed by atoms with Crippen molar-refractivity contribution >= 4 is 15.9 Å². The number of ether oxygens (including phenoxy) is 1. The molecule has 90 valence electrons. The van der Waals surface area contributed by atoms with Crippen LogP contribution in [0, 0.1) is 11.2 Å². The van der Waals surface area contributed by atoms with E-state index in [2.05, 4.69) is 15.9 Å². The van der Waals surface area contributed by atoms with E-state index in [4.69, 9.17) is 9.84 Å². The van der Waals surface area contributed by atoms with Crippen molar-refractivity contribution in [3.63, 3.8) is 0 Å². The van der Waals surface area contributed by atoms with Gasteiger partial charge in [0.1, 0.15) is 5.82 Å². The van der Waals surface area contributed by atoms with Crippen molar-refractivity contribution in [2.45, 2.75) is 20.5 Å². The lowest BCUT2D eigenvalue weighted by Crippen LogP contribution is -2.23. The summed E-state index contributed by atoms with van der Waals surface area (Å²) in [6.45, 7) is 4.68. The van der Waals surface area contributed by atoms with Crippen LogP contribution in [0.1, 0.15) is 19.4 Å². The number of aliphatic hydroxyl groups excluding tert-OH is 1. The van der Waals surface area contributed by atoms with Gasteiger partial charge in [0.25, 0.3) is 0 Å². The molecule has 0 heterocycles. The molecule has 0 unspecified atom stereocenters. The second-order valence-corrected chi connectivity index (χ2v) is 5.51. The minimum atomic E-state index is -0.283. The zero-order valence-corrected chi connectivity index (χ0v) is 11.1. The third-order valence-corrected chi connectivity index (χ3v) is 2.57. The Morgan fingerprint density at radius 1 is 1.38 bits per heavy atom. The molecule has 0 aliphatic rings. The number of hydrogen-bond acceptors (Lipinski definition) is 2. The van der Waals surface area contributed by atoms with Crippen LogP contribution in [-0.4, -0.2) is 18.3 Å². The highest BCUT2D eigenvalue weighted by atomic mass is 79.9. The SMILES string of the molecule is CC(C)(CO)COCc1cc(F)cc(Br)c1. The van der Waals surface area contributed by atoms with Gasteiger partial charge in [-0.1, -0.05) is 29.8 Å². The molecular formula is C12H16BrFO2. The molecule has 1 N–H and O–H groups in total. The summed E-state index contributed by atoms with van der Waals surface area (Å²) in [5.74, 6) is -0.283. The molecule has 0 fully saturated rings. The predicted octanol–water partition coefficient (Wildman–Crippen LogP) is 3.12. The minimum Gasteiger partial charge on any atom is -0.396 e. The van der Waals surface area contributed by atoms with Crippen LogP contribution in [0.5, 0.6) is 0 Å². The van der Waals surface area contributed by atoms with Gasteiger partial charge in [-0.15, -0.1) is 0 Å². The first kappa shape index (κ1) is 13.6. The van der Waals surface area contributed by atoms with E-state index in [-0.39, 0.29) is 17.8 Å². The highest BCUT2D eigenvalue weighted by Gasteiger charge is 2.16. The van der Waals surface area contributed by atoms with Crippen LogP contribution in [0.15, 0.2) is 22.7 Å². The van der Waals surface area contributed by atoms with E-state index < -0.39 is 0 Å². The third kappa shape index (κ3) is 4.60. The van der Waals surface area contributed by atoms with Gasteiger partial charge < -0.3 is 9.84 Å². The van der Waals surface area contributed by atoms with Gasteiger partial charge in [-0.2, -0.15) is 0 Å². The lowest BCUT2D eigenvalue weighted by atomic mass is 9.97. The number of benzene rings is 1. The van der Waals surface area contributed by atoms with Crippen molar-refractivity contribution in [2.24, 2.45) is 5.41 Å². The summed E-state index contributed by atoms with van der Waals surface area (Å²) in [5, 5.41) is 9.03. The van der Waals surface area contributed by atoms with Crippen molar-refractivity contribution < 1.29 is 14.2 Å². The minimum absolute atomic E-state index is 0.0693. The Morgan fingerprint density at radius 3 is 2.62 bits per heavy atom. The molecule has 0 saturated heterocycles. The predicted molar refractivity (Wildman–Crippen MR) is 64.6 cm³/mol. The summed E-state index contributed by atoms with van der Waals surface area (Å²) in [5.41, 5.74) is 0.519. The standard InChI is InChI=1S/C12H16BrFO2/c1-12(2,7-15)8-16-6-9-3-10(13)5-11(14)4-9/h3-5,15H,6-8H2,1-2H3. The van der Waals surface area contributed by atoms with Gasteiger partial charge in [0.2, 0.25) is 0 Å². The highest BCUT2D eigenvalue weighted by Crippen LogP contribution is 2.18. The molecule has 16 heavy (non-hydrogen) atoms. The van der Waals surface area contributed by atoms with Crippen LogP contribution in [0.25, 0.3) is 0 Å². The van der Waals surface area contributed by atoms with Gasteiger partial charge in [0.05, 0.1) is 19.8 Å². The number of aliphatic hydroxyl groups is 1. The number of rotatable bonds is 5. The Kier molecular flexibility index (Phi) is 4.89. The first-order chi connectivity index (χ1) is 7.43. The molecule has 4 heteroatoms. The number of hydrogen-bond donors (Lipinski definition) is 1. The van der Waals surface area contributed by atoms with Gasteiger partial charge in [-0.05, 0) is 23.8 Å². The molecule has 1 rings (SSSR count). The first-order valence-corrected chi connectivity index (χ1v) is 5.86. The van der Waals surface area contributed by atoms with Crippen LogP contribution in [-0.2, 0) is 11.3 Å². The van der Waals surface area contributed by atoms with Gasteiger partial charge in [0.15, 0.2) is 0 Å². The first-order valence-electron chi connectivity index (χ1n) is 5.06. The molecule has 0 aliphatic carbocycles. The van der Waals surface area contributed by atoms with Crippen molar-refractivity contribution in [3.05, 3.63) is 34.1 Å². The smallest absolute Gasteiger partial charge is 0.124 e. The summed E-state index contributed by atoms with van der Waals surface area (Å²) in [7, 11) is 0. The molecule has 0 saturated carbocycles. The average Bonchev–Trinajstić information content (AvgIpc) is 2.16. The van der Waals surface area contributed by atoms with Crippen LogP contribution < -0.4 is 0 Å². The molecular weight excluding hydrogens is 275 g/mol. The van der Waals surface area contributed by atoms with Crippen LogP contribution in [0.4, 0.5) is 4.39 Å². The van der Waals surface area contributed by atoms with E-state index in [1.165, 1.54) is 12.1 Å². The van der Waals surface area contributed by atoms with Gasteiger partial charge in [0, 0.05) is 9.89 Å². The second-order valence-electron chi connectivity index (χ2n) is 4.59. The molecule has 0 bridgehead atoms. The quantitative estimate of drug-likeness (QED) is 0.903. The fourth-order valence-electron chi connectivity index (χ4n) is 1.19. The summed E-state index contributed by atoms with van der Waals surface area (Å²) >= 11 is 3.22. The molecule has 2 nitrogen and oxygen atoms in total. The summed E-state index contributed by atoms with van der Waals surface area (Å²) in [6, 6.07) is 4.66. The monoisotopic (exact) mass is 290 g/mol. The number of halogens is 2. The second kappa shape index (κ2) is 5.75. The summed E-state index contributed by atoms with van der Waals surface area (Å²) < 4.78 is 19.2. The summed E-state index contributed by atoms with van der Waals surface area (Å²) in [6.07, 6.45) is 0. The molecule has 0 radical (unpaired) electrons. The van der Waals surface area contributed by atoms with Crippen LogP contribution >= 0.6 is 15.9 Å².